The maximum Gasteiger partial charge on any atom is -0.0297 e. The zero-order valence-corrected chi connectivity index (χ0v) is 37.7. The Kier molecular flexibility index (Phi) is 45.4. The topological polar surface area (TPSA) is 0 Å². The van der Waals surface area contributed by atoms with Crippen LogP contribution in [0.4, 0.5) is 0 Å². The second-order valence-corrected chi connectivity index (χ2v) is 18.3. The van der Waals surface area contributed by atoms with Crippen molar-refractivity contribution in [2.75, 3.05) is 0 Å². The average molecular weight is 731 g/mol. The summed E-state index contributed by atoms with van der Waals surface area (Å²) < 4.78 is 0. The first-order valence-electron chi connectivity index (χ1n) is 25.7. The SMILES string of the molecule is CCCCCCCCCCCCCCCC(CCCCCCCCCC)(CCCCCCCCCCCC)CCCCCCCCCCCCCC. The van der Waals surface area contributed by atoms with Crippen LogP contribution < -0.4 is 0 Å². The predicted molar refractivity (Wildman–Crippen MR) is 242 cm³/mol. The summed E-state index contributed by atoms with van der Waals surface area (Å²) in [4.78, 5) is 0. The molecule has 0 N–H and O–H groups in total. The zero-order valence-electron chi connectivity index (χ0n) is 37.7. The van der Waals surface area contributed by atoms with Crippen LogP contribution >= 0.6 is 0 Å². The van der Waals surface area contributed by atoms with Crippen molar-refractivity contribution < 1.29 is 0 Å². The van der Waals surface area contributed by atoms with Crippen molar-refractivity contribution in [3.8, 4) is 0 Å². The van der Waals surface area contributed by atoms with Crippen molar-refractivity contribution in [2.45, 2.75) is 329 Å². The van der Waals surface area contributed by atoms with E-state index in [1.165, 1.54) is 276 Å². The van der Waals surface area contributed by atoms with Gasteiger partial charge in [0.25, 0.3) is 0 Å². The molecular weight excluding hydrogens is 625 g/mol. The van der Waals surface area contributed by atoms with Gasteiger partial charge in [-0.3, -0.25) is 0 Å². The Morgan fingerprint density at radius 1 is 0.154 bits per heavy atom. The fourth-order valence-corrected chi connectivity index (χ4v) is 9.23. The normalized spacial score (nSPS) is 12.9. The monoisotopic (exact) mass is 731 g/mol. The lowest BCUT2D eigenvalue weighted by molar-refractivity contribution is 0.171. The Hall–Kier alpha value is 0. The Morgan fingerprint density at radius 3 is 0.404 bits per heavy atom. The summed E-state index contributed by atoms with van der Waals surface area (Å²) >= 11 is 0. The molecule has 0 heteroatoms. The summed E-state index contributed by atoms with van der Waals surface area (Å²) in [7, 11) is 0. The lowest BCUT2D eigenvalue weighted by atomic mass is 9.70. The number of hydrogen-bond acceptors (Lipinski definition) is 0. The average Bonchev–Trinajstić information content (AvgIpc) is 3.15. The first kappa shape index (κ1) is 52.0. The smallest absolute Gasteiger partial charge is 0.0297 e. The van der Waals surface area contributed by atoms with E-state index in [4.69, 9.17) is 0 Å². The van der Waals surface area contributed by atoms with Gasteiger partial charge in [0, 0.05) is 0 Å². The van der Waals surface area contributed by atoms with Gasteiger partial charge in [0.2, 0.25) is 0 Å². The fourth-order valence-electron chi connectivity index (χ4n) is 9.23. The third-order valence-corrected chi connectivity index (χ3v) is 13.0. The van der Waals surface area contributed by atoms with Gasteiger partial charge in [-0.1, -0.05) is 304 Å². The maximum absolute atomic E-state index is 2.35. The molecule has 1 unspecified atom stereocenters. The third-order valence-electron chi connectivity index (χ3n) is 13.0. The van der Waals surface area contributed by atoms with E-state index < -0.39 is 0 Å². The molecule has 0 spiro atoms. The Labute approximate surface area is 333 Å². The molecule has 1 atom stereocenters. The molecule has 0 aliphatic heterocycles. The van der Waals surface area contributed by atoms with E-state index in [2.05, 4.69) is 27.7 Å². The van der Waals surface area contributed by atoms with Gasteiger partial charge in [-0.25, -0.2) is 0 Å². The summed E-state index contributed by atoms with van der Waals surface area (Å²) in [6.07, 6.45) is 69.7. The molecule has 0 amide bonds. The van der Waals surface area contributed by atoms with Crippen LogP contribution in [0.25, 0.3) is 0 Å². The molecule has 0 aromatic carbocycles. The summed E-state index contributed by atoms with van der Waals surface area (Å²) in [6.45, 7) is 9.35. The first-order valence-corrected chi connectivity index (χ1v) is 25.7. The van der Waals surface area contributed by atoms with Gasteiger partial charge in [-0.2, -0.15) is 0 Å². The summed E-state index contributed by atoms with van der Waals surface area (Å²) in [5.74, 6) is 0. The highest BCUT2D eigenvalue weighted by Gasteiger charge is 2.28. The van der Waals surface area contributed by atoms with Gasteiger partial charge < -0.3 is 0 Å². The molecule has 0 saturated carbocycles. The van der Waals surface area contributed by atoms with E-state index in [0.717, 1.165) is 0 Å². The van der Waals surface area contributed by atoms with Gasteiger partial charge in [-0.15, -0.1) is 0 Å². The molecule has 0 aromatic heterocycles. The van der Waals surface area contributed by atoms with Crippen LogP contribution in [-0.2, 0) is 0 Å². The second-order valence-electron chi connectivity index (χ2n) is 18.3. The second kappa shape index (κ2) is 45.4. The third kappa shape index (κ3) is 39.7. The summed E-state index contributed by atoms with van der Waals surface area (Å²) in [5, 5.41) is 0. The van der Waals surface area contributed by atoms with E-state index >= 15 is 0 Å². The molecular formula is C52H106. The number of rotatable bonds is 47. The highest BCUT2D eigenvalue weighted by atomic mass is 14.3. The molecule has 52 heavy (non-hydrogen) atoms. The molecule has 0 fully saturated rings. The molecule has 0 radical (unpaired) electrons. The van der Waals surface area contributed by atoms with Gasteiger partial charge in [0.1, 0.15) is 0 Å². The van der Waals surface area contributed by atoms with Crippen molar-refractivity contribution in [3.05, 3.63) is 0 Å². The molecule has 314 valence electrons. The Morgan fingerprint density at radius 2 is 0.269 bits per heavy atom. The van der Waals surface area contributed by atoms with Crippen molar-refractivity contribution in [1.29, 1.82) is 0 Å². The van der Waals surface area contributed by atoms with Crippen LogP contribution in [-0.4, -0.2) is 0 Å². The molecule has 0 heterocycles. The minimum absolute atomic E-state index is 0.665. The van der Waals surface area contributed by atoms with Gasteiger partial charge in [0.05, 0.1) is 0 Å². The quantitative estimate of drug-likeness (QED) is 0.0547. The van der Waals surface area contributed by atoms with Crippen molar-refractivity contribution in [3.63, 3.8) is 0 Å². The molecule has 0 aromatic rings. The van der Waals surface area contributed by atoms with Crippen LogP contribution in [0.2, 0.25) is 0 Å². The molecule has 0 saturated heterocycles. The fraction of sp³-hybridized carbons (Fsp3) is 1.00. The van der Waals surface area contributed by atoms with Crippen LogP contribution in [0.15, 0.2) is 0 Å². The Balaban J connectivity index is 4.82. The first-order chi connectivity index (χ1) is 25.7. The molecule has 0 rings (SSSR count). The van der Waals surface area contributed by atoms with Crippen molar-refractivity contribution in [1.82, 2.24) is 0 Å². The molecule has 0 aliphatic carbocycles. The van der Waals surface area contributed by atoms with E-state index in [1.807, 2.05) is 0 Å². The standard InChI is InChI=1S/C52H106/c1-5-9-13-17-21-25-28-30-32-35-39-43-47-51-52(48-44-40-36-24-20-16-12-8-4,49-45-41-37-33-27-23-19-15-11-7-3)50-46-42-38-34-31-29-26-22-18-14-10-6-2/h5-51H2,1-4H3. The van der Waals surface area contributed by atoms with Gasteiger partial charge in [-0.05, 0) is 31.1 Å². The molecule has 0 nitrogen and oxygen atoms in total. The lowest BCUT2D eigenvalue weighted by Gasteiger charge is -2.35. The summed E-state index contributed by atoms with van der Waals surface area (Å²) in [6, 6.07) is 0. The minimum atomic E-state index is 0.665. The number of unbranched alkanes of at least 4 members (excludes halogenated alkanes) is 39. The minimum Gasteiger partial charge on any atom is -0.0654 e. The maximum atomic E-state index is 2.35. The predicted octanol–water partition coefficient (Wildman–Crippen LogP) is 20.4. The lowest BCUT2D eigenvalue weighted by Crippen LogP contribution is -2.21. The van der Waals surface area contributed by atoms with Gasteiger partial charge >= 0.3 is 0 Å². The molecule has 0 aliphatic rings. The Bertz CT molecular complexity index is 607. The van der Waals surface area contributed by atoms with Crippen LogP contribution in [0, 0.1) is 5.41 Å². The van der Waals surface area contributed by atoms with Crippen LogP contribution in [0.1, 0.15) is 329 Å². The molecule has 0 bridgehead atoms. The van der Waals surface area contributed by atoms with Crippen LogP contribution in [0.5, 0.6) is 0 Å². The van der Waals surface area contributed by atoms with E-state index in [1.54, 1.807) is 25.7 Å². The number of hydrogen-bond donors (Lipinski definition) is 0. The zero-order chi connectivity index (χ0) is 37.7. The highest BCUT2D eigenvalue weighted by molar-refractivity contribution is 4.80. The van der Waals surface area contributed by atoms with Crippen LogP contribution in [0.3, 0.4) is 0 Å². The van der Waals surface area contributed by atoms with E-state index in [0.29, 0.717) is 5.41 Å². The van der Waals surface area contributed by atoms with Crippen molar-refractivity contribution >= 4 is 0 Å². The highest BCUT2D eigenvalue weighted by Crippen LogP contribution is 2.42. The van der Waals surface area contributed by atoms with E-state index in [-0.39, 0.29) is 0 Å². The van der Waals surface area contributed by atoms with Crippen molar-refractivity contribution in [2.24, 2.45) is 5.41 Å². The van der Waals surface area contributed by atoms with Gasteiger partial charge in [0.15, 0.2) is 0 Å². The van der Waals surface area contributed by atoms with E-state index in [9.17, 15) is 0 Å². The summed E-state index contributed by atoms with van der Waals surface area (Å²) in [5.41, 5.74) is 0.665. The largest absolute Gasteiger partial charge is 0.0654 e.